The average molecular weight is 694 g/mol. The van der Waals surface area contributed by atoms with E-state index >= 15 is 0 Å². The molecule has 1 aliphatic rings. The predicted molar refractivity (Wildman–Crippen MR) is 172 cm³/mol. The van der Waals surface area contributed by atoms with Gasteiger partial charge in [0.2, 0.25) is 10.0 Å². The molecule has 1 N–H and O–H groups in total. The Kier molecular flexibility index (Phi) is 10.6. The Morgan fingerprint density at radius 2 is 1.79 bits per heavy atom. The fourth-order valence-electron chi connectivity index (χ4n) is 4.81. The maximum atomic E-state index is 13.0. The van der Waals surface area contributed by atoms with Crippen molar-refractivity contribution >= 4 is 54.9 Å². The Morgan fingerprint density at radius 3 is 2.44 bits per heavy atom. The third kappa shape index (κ3) is 8.81. The van der Waals surface area contributed by atoms with Gasteiger partial charge in [0.25, 0.3) is 0 Å². The standard InChI is InChI=1S/C31H37BrN2O7S2/c1-20-8-6-9-21(16-20)19-43(37,38)34-14-12-23(13-15-34)33-24-11-7-10-22(17-24)28-26(32)27(29(42-28)30(36)39-5)40-18-25(35)41-31(2,3)4/h6-11,16-17,23,33H,12-15,18-19H2,1-5H3. The second-order valence-electron chi connectivity index (χ2n) is 11.4. The lowest BCUT2D eigenvalue weighted by atomic mass is 10.1. The number of esters is 2. The number of sulfonamides is 1. The molecule has 0 radical (unpaired) electrons. The topological polar surface area (TPSA) is 111 Å². The number of ether oxygens (including phenoxy) is 3. The molecule has 1 aromatic heterocycles. The molecule has 43 heavy (non-hydrogen) atoms. The molecule has 3 aromatic rings. The number of thiophene rings is 1. The summed E-state index contributed by atoms with van der Waals surface area (Å²) in [7, 11) is -2.12. The van der Waals surface area contributed by atoms with E-state index in [-0.39, 0.29) is 29.0 Å². The van der Waals surface area contributed by atoms with Crippen LogP contribution < -0.4 is 10.1 Å². The fourth-order valence-corrected chi connectivity index (χ4v) is 8.33. The van der Waals surface area contributed by atoms with E-state index in [0.29, 0.717) is 30.4 Å². The second-order valence-corrected chi connectivity index (χ2v) is 15.2. The van der Waals surface area contributed by atoms with Gasteiger partial charge in [-0.25, -0.2) is 22.3 Å². The average Bonchev–Trinajstić information content (AvgIpc) is 3.26. The van der Waals surface area contributed by atoms with Crippen molar-refractivity contribution < 1.29 is 32.2 Å². The second kappa shape index (κ2) is 13.8. The van der Waals surface area contributed by atoms with E-state index < -0.39 is 27.6 Å². The summed E-state index contributed by atoms with van der Waals surface area (Å²) in [5.74, 6) is -0.908. The molecule has 0 aliphatic carbocycles. The number of halogens is 1. The maximum Gasteiger partial charge on any atom is 0.351 e. The van der Waals surface area contributed by atoms with Crippen LogP contribution in [0.1, 0.15) is 54.4 Å². The normalized spacial score (nSPS) is 14.7. The van der Waals surface area contributed by atoms with Crippen molar-refractivity contribution in [3.05, 3.63) is 69.0 Å². The lowest BCUT2D eigenvalue weighted by molar-refractivity contribution is -0.157. The van der Waals surface area contributed by atoms with Gasteiger partial charge in [-0.15, -0.1) is 11.3 Å². The van der Waals surface area contributed by atoms with Gasteiger partial charge in [-0.1, -0.05) is 42.0 Å². The molecule has 4 rings (SSSR count). The van der Waals surface area contributed by atoms with Crippen LogP contribution in [0.3, 0.4) is 0 Å². The molecule has 9 nitrogen and oxygen atoms in total. The summed E-state index contributed by atoms with van der Waals surface area (Å²) in [6, 6.07) is 15.4. The third-order valence-corrected chi connectivity index (χ3v) is 10.8. The van der Waals surface area contributed by atoms with Crippen molar-refractivity contribution in [2.24, 2.45) is 0 Å². The van der Waals surface area contributed by atoms with Gasteiger partial charge in [0.1, 0.15) is 5.60 Å². The van der Waals surface area contributed by atoms with Crippen molar-refractivity contribution in [1.82, 2.24) is 4.31 Å². The Balaban J connectivity index is 1.44. The number of carbonyl (C=O) groups is 2. The minimum absolute atomic E-state index is 0.00154. The van der Waals surface area contributed by atoms with Gasteiger partial charge in [-0.2, -0.15) is 0 Å². The van der Waals surface area contributed by atoms with E-state index in [0.717, 1.165) is 27.3 Å². The van der Waals surface area contributed by atoms with E-state index in [2.05, 4.69) is 21.2 Å². The summed E-state index contributed by atoms with van der Waals surface area (Å²) in [5, 5.41) is 3.54. The van der Waals surface area contributed by atoms with Crippen LogP contribution in [0.5, 0.6) is 5.75 Å². The van der Waals surface area contributed by atoms with Gasteiger partial charge >= 0.3 is 11.9 Å². The third-order valence-electron chi connectivity index (χ3n) is 6.71. The van der Waals surface area contributed by atoms with Crippen LogP contribution in [0.15, 0.2) is 53.0 Å². The summed E-state index contributed by atoms with van der Waals surface area (Å²) in [4.78, 5) is 25.8. The van der Waals surface area contributed by atoms with Crippen LogP contribution in [0, 0.1) is 6.92 Å². The lowest BCUT2D eigenvalue weighted by Gasteiger charge is -2.32. The zero-order valence-electron chi connectivity index (χ0n) is 24.9. The zero-order valence-corrected chi connectivity index (χ0v) is 28.2. The highest BCUT2D eigenvalue weighted by Gasteiger charge is 2.29. The first-order valence-corrected chi connectivity index (χ1v) is 17.1. The van der Waals surface area contributed by atoms with Crippen molar-refractivity contribution in [2.75, 3.05) is 32.1 Å². The first kappa shape index (κ1) is 33.0. The number of rotatable bonds is 10. The van der Waals surface area contributed by atoms with Crippen molar-refractivity contribution in [1.29, 1.82) is 0 Å². The van der Waals surface area contributed by atoms with Crippen molar-refractivity contribution in [3.8, 4) is 16.2 Å². The van der Waals surface area contributed by atoms with Crippen LogP contribution in [0.2, 0.25) is 0 Å². The maximum absolute atomic E-state index is 13.0. The van der Waals surface area contributed by atoms with Crippen molar-refractivity contribution in [2.45, 2.75) is 57.9 Å². The number of nitrogens with zero attached hydrogens (tertiary/aromatic N) is 1. The first-order chi connectivity index (χ1) is 20.3. The number of piperidine rings is 1. The summed E-state index contributed by atoms with van der Waals surface area (Å²) in [6.45, 7) is 7.78. The number of nitrogens with one attached hydrogen (secondary N) is 1. The van der Waals surface area contributed by atoms with E-state index in [9.17, 15) is 18.0 Å². The zero-order chi connectivity index (χ0) is 31.4. The van der Waals surface area contributed by atoms with Crippen LogP contribution in [-0.4, -0.2) is 63.1 Å². The number of anilines is 1. The highest BCUT2D eigenvalue weighted by molar-refractivity contribution is 9.10. The molecule has 1 saturated heterocycles. The summed E-state index contributed by atoms with van der Waals surface area (Å²) in [6.07, 6.45) is 1.35. The molecule has 1 aliphatic heterocycles. The molecule has 0 spiro atoms. The minimum atomic E-state index is -3.40. The van der Waals surface area contributed by atoms with Crippen LogP contribution in [0.25, 0.3) is 10.4 Å². The van der Waals surface area contributed by atoms with Crippen LogP contribution in [-0.2, 0) is 30.0 Å². The number of hydrogen-bond acceptors (Lipinski definition) is 9. The SMILES string of the molecule is COC(=O)c1sc(-c2cccc(NC3CCN(S(=O)(=O)Cc4cccc(C)c4)CC3)c2)c(Br)c1OCC(=O)OC(C)(C)C. The minimum Gasteiger partial charge on any atom is -0.479 e. The highest BCUT2D eigenvalue weighted by atomic mass is 79.9. The Bertz CT molecular complexity index is 1570. The van der Waals surface area contributed by atoms with E-state index in [1.54, 1.807) is 25.1 Å². The van der Waals surface area contributed by atoms with Gasteiger partial charge in [-0.3, -0.25) is 0 Å². The molecular weight excluding hydrogens is 656 g/mol. The van der Waals surface area contributed by atoms with Crippen LogP contribution in [0.4, 0.5) is 5.69 Å². The van der Waals surface area contributed by atoms with E-state index in [4.69, 9.17) is 14.2 Å². The fraction of sp³-hybridized carbons (Fsp3) is 0.419. The summed E-state index contributed by atoms with van der Waals surface area (Å²) < 4.78 is 44.2. The van der Waals surface area contributed by atoms with Crippen LogP contribution >= 0.6 is 27.3 Å². The van der Waals surface area contributed by atoms with Gasteiger partial charge in [0.15, 0.2) is 17.2 Å². The molecule has 2 heterocycles. The smallest absolute Gasteiger partial charge is 0.351 e. The lowest BCUT2D eigenvalue weighted by Crippen LogP contribution is -2.42. The van der Waals surface area contributed by atoms with Gasteiger partial charge in [0, 0.05) is 24.8 Å². The number of methoxy groups -OCH3 is 1. The van der Waals surface area contributed by atoms with E-state index in [1.807, 2.05) is 55.5 Å². The molecule has 0 bridgehead atoms. The molecule has 2 aromatic carbocycles. The molecule has 0 atom stereocenters. The van der Waals surface area contributed by atoms with Gasteiger partial charge in [-0.05, 0) is 79.7 Å². The molecule has 12 heteroatoms. The Labute approximate surface area is 265 Å². The predicted octanol–water partition coefficient (Wildman–Crippen LogP) is 6.40. The number of carbonyl (C=O) groups excluding carboxylic acids is 2. The quantitative estimate of drug-likeness (QED) is 0.243. The number of hydrogen-bond donors (Lipinski definition) is 1. The van der Waals surface area contributed by atoms with Gasteiger partial charge < -0.3 is 19.5 Å². The molecule has 1 fully saturated rings. The highest BCUT2D eigenvalue weighted by Crippen LogP contribution is 2.46. The monoisotopic (exact) mass is 692 g/mol. The molecule has 0 saturated carbocycles. The largest absolute Gasteiger partial charge is 0.479 e. The van der Waals surface area contributed by atoms with Gasteiger partial charge in [0.05, 0.1) is 22.2 Å². The Hall–Kier alpha value is -2.93. The molecule has 232 valence electrons. The molecule has 0 unspecified atom stereocenters. The molecular formula is C31H37BrN2O7S2. The van der Waals surface area contributed by atoms with E-state index in [1.165, 1.54) is 18.4 Å². The summed E-state index contributed by atoms with van der Waals surface area (Å²) in [5.41, 5.74) is 2.87. The number of aryl methyl sites for hydroxylation is 1. The Morgan fingerprint density at radius 1 is 1.09 bits per heavy atom. The summed E-state index contributed by atoms with van der Waals surface area (Å²) >= 11 is 4.76. The van der Waals surface area contributed by atoms with Crippen molar-refractivity contribution in [3.63, 3.8) is 0 Å². The molecule has 0 amide bonds. The number of benzene rings is 2. The first-order valence-electron chi connectivity index (χ1n) is 13.9.